The molecule has 1 aliphatic heterocycles. The third-order valence-corrected chi connectivity index (χ3v) is 4.66. The van der Waals surface area contributed by atoms with Crippen LogP contribution in [0.25, 0.3) is 11.1 Å². The molecule has 0 spiro atoms. The Hall–Kier alpha value is -3.09. The first-order valence-corrected chi connectivity index (χ1v) is 8.54. The summed E-state index contributed by atoms with van der Waals surface area (Å²) in [5.74, 6) is 0.773. The number of carbonyl (C=O) groups is 1. The molecule has 3 aromatic heterocycles. The van der Waals surface area contributed by atoms with Gasteiger partial charge in [0.05, 0.1) is 30.8 Å². The number of hydrogen-bond acceptors (Lipinski definition) is 6. The van der Waals surface area contributed by atoms with Crippen LogP contribution in [0.2, 0.25) is 0 Å². The second-order valence-corrected chi connectivity index (χ2v) is 6.27. The maximum atomic E-state index is 13.0. The highest BCUT2D eigenvalue weighted by Gasteiger charge is 2.26. The van der Waals surface area contributed by atoms with Gasteiger partial charge in [-0.3, -0.25) is 9.78 Å². The number of fused-ring (bicyclic) bond motifs is 1. The van der Waals surface area contributed by atoms with E-state index in [1.54, 1.807) is 37.9 Å². The van der Waals surface area contributed by atoms with Crippen molar-refractivity contribution in [1.29, 1.82) is 0 Å². The molecular formula is C19H20N4O3. The third-order valence-electron chi connectivity index (χ3n) is 4.66. The molecule has 0 aliphatic carbocycles. The van der Waals surface area contributed by atoms with E-state index in [1.807, 2.05) is 17.9 Å². The zero-order valence-corrected chi connectivity index (χ0v) is 14.8. The molecule has 0 atom stereocenters. The van der Waals surface area contributed by atoms with Gasteiger partial charge in [0.15, 0.2) is 5.58 Å². The van der Waals surface area contributed by atoms with Crippen LogP contribution in [0, 0.1) is 6.92 Å². The molecule has 26 heavy (non-hydrogen) atoms. The average Bonchev–Trinajstić information content (AvgIpc) is 3.15. The molecule has 0 bridgehead atoms. The molecule has 7 nitrogen and oxygen atoms in total. The lowest BCUT2D eigenvalue weighted by atomic mass is 10.1. The molecule has 0 N–H and O–H groups in total. The molecule has 0 aromatic carbocycles. The summed E-state index contributed by atoms with van der Waals surface area (Å²) in [5.41, 5.74) is 3.60. The quantitative estimate of drug-likeness (QED) is 0.721. The minimum absolute atomic E-state index is 0.0201. The summed E-state index contributed by atoms with van der Waals surface area (Å²) in [6.07, 6.45) is 5.08. The number of aromatic nitrogens is 2. The second kappa shape index (κ2) is 6.67. The van der Waals surface area contributed by atoms with Gasteiger partial charge in [0.25, 0.3) is 5.91 Å². The Bertz CT molecular complexity index is 945. The predicted molar refractivity (Wildman–Crippen MR) is 97.7 cm³/mol. The first kappa shape index (κ1) is 16.4. The lowest BCUT2D eigenvalue weighted by Gasteiger charge is -2.36. The fourth-order valence-electron chi connectivity index (χ4n) is 3.35. The van der Waals surface area contributed by atoms with Crippen molar-refractivity contribution < 1.29 is 13.9 Å². The van der Waals surface area contributed by atoms with Crippen LogP contribution in [0.5, 0.6) is 5.75 Å². The maximum absolute atomic E-state index is 13.0. The lowest BCUT2D eigenvalue weighted by molar-refractivity contribution is 0.0747. The predicted octanol–water partition coefficient (Wildman–Crippen LogP) is 2.50. The fraction of sp³-hybridized carbons (Fsp3) is 0.316. The highest BCUT2D eigenvalue weighted by Crippen LogP contribution is 2.28. The van der Waals surface area contributed by atoms with Gasteiger partial charge in [0.1, 0.15) is 11.3 Å². The number of anilines is 1. The number of pyridine rings is 2. The van der Waals surface area contributed by atoms with Crippen molar-refractivity contribution in [2.24, 2.45) is 0 Å². The van der Waals surface area contributed by atoms with E-state index < -0.39 is 0 Å². The largest absolute Gasteiger partial charge is 0.494 e. The maximum Gasteiger partial charge on any atom is 0.257 e. The van der Waals surface area contributed by atoms with Crippen molar-refractivity contribution in [2.45, 2.75) is 6.92 Å². The number of furan rings is 1. The van der Waals surface area contributed by atoms with Gasteiger partial charge in [-0.1, -0.05) is 0 Å². The van der Waals surface area contributed by atoms with Crippen LogP contribution in [0.1, 0.15) is 16.1 Å². The molecule has 1 aliphatic rings. The Labute approximate surface area is 151 Å². The molecule has 1 saturated heterocycles. The minimum atomic E-state index is -0.0201. The number of amides is 1. The molecule has 134 valence electrons. The van der Waals surface area contributed by atoms with Gasteiger partial charge >= 0.3 is 0 Å². The van der Waals surface area contributed by atoms with Crippen LogP contribution in [-0.4, -0.2) is 54.1 Å². The topological polar surface area (TPSA) is 71.7 Å². The summed E-state index contributed by atoms with van der Waals surface area (Å²) in [6.45, 7) is 4.58. The minimum Gasteiger partial charge on any atom is -0.494 e. The number of rotatable bonds is 3. The van der Waals surface area contributed by atoms with Crippen LogP contribution in [0.4, 0.5) is 5.69 Å². The van der Waals surface area contributed by atoms with Crippen LogP contribution in [-0.2, 0) is 0 Å². The van der Waals surface area contributed by atoms with Crippen molar-refractivity contribution in [1.82, 2.24) is 14.9 Å². The summed E-state index contributed by atoms with van der Waals surface area (Å²) in [7, 11) is 1.65. The summed E-state index contributed by atoms with van der Waals surface area (Å²) in [6, 6.07) is 5.43. The second-order valence-electron chi connectivity index (χ2n) is 6.27. The van der Waals surface area contributed by atoms with E-state index in [0.717, 1.165) is 30.2 Å². The molecule has 3 aromatic rings. The zero-order valence-electron chi connectivity index (χ0n) is 14.8. The molecule has 1 fully saturated rings. The summed E-state index contributed by atoms with van der Waals surface area (Å²) >= 11 is 0. The van der Waals surface area contributed by atoms with Gasteiger partial charge in [0, 0.05) is 50.2 Å². The van der Waals surface area contributed by atoms with Gasteiger partial charge in [-0.15, -0.1) is 0 Å². The highest BCUT2D eigenvalue weighted by molar-refractivity contribution is 6.04. The lowest BCUT2D eigenvalue weighted by Crippen LogP contribution is -2.49. The van der Waals surface area contributed by atoms with Gasteiger partial charge < -0.3 is 19.0 Å². The van der Waals surface area contributed by atoms with E-state index in [9.17, 15) is 4.79 Å². The molecular weight excluding hydrogens is 332 g/mol. The molecule has 0 saturated carbocycles. The number of nitrogens with zero attached hydrogens (tertiary/aromatic N) is 4. The number of aryl methyl sites for hydroxylation is 1. The van der Waals surface area contributed by atoms with E-state index in [-0.39, 0.29) is 5.91 Å². The standard InChI is InChI=1S/C19H20N4O3/c1-13-11-14(18-15(21-13)4-10-26-18)19(24)23-8-6-22(7-9-23)16-12-20-5-3-17(16)25-2/h3-5,10-12H,6-9H2,1-2H3. The Balaban J connectivity index is 1.52. The highest BCUT2D eigenvalue weighted by atomic mass is 16.5. The Kier molecular flexibility index (Phi) is 4.20. The van der Waals surface area contributed by atoms with E-state index in [1.165, 1.54) is 0 Å². The fourth-order valence-corrected chi connectivity index (χ4v) is 3.35. The molecule has 7 heteroatoms. The van der Waals surface area contributed by atoms with Crippen molar-refractivity contribution in [2.75, 3.05) is 38.2 Å². The molecule has 4 heterocycles. The molecule has 0 unspecified atom stereocenters. The summed E-state index contributed by atoms with van der Waals surface area (Å²) in [5, 5.41) is 0. The van der Waals surface area contributed by atoms with Crippen molar-refractivity contribution in [3.05, 3.63) is 48.1 Å². The van der Waals surface area contributed by atoms with Crippen LogP contribution < -0.4 is 9.64 Å². The van der Waals surface area contributed by atoms with Gasteiger partial charge in [0.2, 0.25) is 0 Å². The van der Waals surface area contributed by atoms with E-state index in [4.69, 9.17) is 9.15 Å². The summed E-state index contributed by atoms with van der Waals surface area (Å²) < 4.78 is 10.9. The van der Waals surface area contributed by atoms with Gasteiger partial charge in [-0.2, -0.15) is 0 Å². The van der Waals surface area contributed by atoms with Crippen molar-refractivity contribution >= 4 is 22.7 Å². The molecule has 4 rings (SSSR count). The SMILES string of the molecule is COc1ccncc1N1CCN(C(=O)c2cc(C)nc3ccoc23)CC1. The first-order chi connectivity index (χ1) is 12.7. The van der Waals surface area contributed by atoms with E-state index >= 15 is 0 Å². The number of hydrogen-bond donors (Lipinski definition) is 0. The van der Waals surface area contributed by atoms with Crippen LogP contribution in [0.15, 0.2) is 41.3 Å². The molecule has 0 radical (unpaired) electrons. The third kappa shape index (κ3) is 2.85. The van der Waals surface area contributed by atoms with Gasteiger partial charge in [-0.25, -0.2) is 4.98 Å². The van der Waals surface area contributed by atoms with Crippen molar-refractivity contribution in [3.63, 3.8) is 0 Å². The Morgan fingerprint density at radius 1 is 1.23 bits per heavy atom. The van der Waals surface area contributed by atoms with Gasteiger partial charge in [-0.05, 0) is 13.0 Å². The number of piperazine rings is 1. The van der Waals surface area contributed by atoms with Crippen LogP contribution >= 0.6 is 0 Å². The van der Waals surface area contributed by atoms with E-state index in [2.05, 4.69) is 14.9 Å². The molecule has 1 amide bonds. The monoisotopic (exact) mass is 352 g/mol. The number of ether oxygens (including phenoxy) is 1. The first-order valence-electron chi connectivity index (χ1n) is 8.54. The summed E-state index contributed by atoms with van der Waals surface area (Å²) in [4.78, 5) is 25.6. The van der Waals surface area contributed by atoms with E-state index in [0.29, 0.717) is 29.8 Å². The van der Waals surface area contributed by atoms with Crippen molar-refractivity contribution in [3.8, 4) is 5.75 Å². The zero-order chi connectivity index (χ0) is 18.1. The smallest absolute Gasteiger partial charge is 0.257 e. The Morgan fingerprint density at radius 3 is 2.81 bits per heavy atom. The average molecular weight is 352 g/mol. The van der Waals surface area contributed by atoms with Crippen LogP contribution in [0.3, 0.4) is 0 Å². The Morgan fingerprint density at radius 2 is 2.04 bits per heavy atom. The number of carbonyl (C=O) groups excluding carboxylic acids is 1. The number of methoxy groups -OCH3 is 1. The normalized spacial score (nSPS) is 14.7.